The minimum absolute atomic E-state index is 0.0466. The Morgan fingerprint density at radius 1 is 1.24 bits per heavy atom. The first-order valence-electron chi connectivity index (χ1n) is 5.56. The molecule has 1 rings (SSSR count). The lowest BCUT2D eigenvalue weighted by atomic mass is 10.3. The van der Waals surface area contributed by atoms with Gasteiger partial charge in [0.25, 0.3) is 5.92 Å². The SMILES string of the molecule is COc1cc(F)c(S(=O)(=O)NCC(F)(F)CO)cc1OC. The molecule has 0 aliphatic heterocycles. The molecule has 0 atom stereocenters. The van der Waals surface area contributed by atoms with Crippen LogP contribution in [0.2, 0.25) is 0 Å². The summed E-state index contributed by atoms with van der Waals surface area (Å²) in [6, 6.07) is 1.57. The monoisotopic (exact) mass is 329 g/mol. The van der Waals surface area contributed by atoms with Gasteiger partial charge in [-0.2, -0.15) is 0 Å². The second-order valence-electron chi connectivity index (χ2n) is 3.98. The van der Waals surface area contributed by atoms with Crippen molar-refractivity contribution >= 4 is 10.0 Å². The van der Waals surface area contributed by atoms with Crippen LogP contribution in [-0.4, -0.2) is 46.8 Å². The van der Waals surface area contributed by atoms with E-state index in [0.29, 0.717) is 0 Å². The Labute approximate surface area is 119 Å². The van der Waals surface area contributed by atoms with Gasteiger partial charge < -0.3 is 14.6 Å². The summed E-state index contributed by atoms with van der Waals surface area (Å²) < 4.78 is 74.2. The van der Waals surface area contributed by atoms with Gasteiger partial charge in [0.05, 0.1) is 20.8 Å². The first-order chi connectivity index (χ1) is 9.66. The maximum Gasteiger partial charge on any atom is 0.283 e. The number of halogens is 3. The number of nitrogens with one attached hydrogen (secondary N) is 1. The summed E-state index contributed by atoms with van der Waals surface area (Å²) in [7, 11) is -2.11. The largest absolute Gasteiger partial charge is 0.493 e. The molecule has 0 heterocycles. The number of alkyl halides is 2. The number of methoxy groups -OCH3 is 2. The van der Waals surface area contributed by atoms with Crippen LogP contribution in [-0.2, 0) is 10.0 Å². The molecule has 6 nitrogen and oxygen atoms in total. The zero-order chi connectivity index (χ0) is 16.3. The number of hydrogen-bond donors (Lipinski definition) is 2. The molecule has 0 aliphatic rings. The van der Waals surface area contributed by atoms with E-state index < -0.39 is 39.8 Å². The van der Waals surface area contributed by atoms with Crippen LogP contribution in [0.4, 0.5) is 13.2 Å². The van der Waals surface area contributed by atoms with E-state index in [1.807, 2.05) is 0 Å². The van der Waals surface area contributed by atoms with Crippen molar-refractivity contribution in [2.75, 3.05) is 27.4 Å². The minimum atomic E-state index is -4.54. The molecular formula is C11H14F3NO5S. The fourth-order valence-electron chi connectivity index (χ4n) is 1.38. The van der Waals surface area contributed by atoms with Gasteiger partial charge in [-0.25, -0.2) is 26.3 Å². The van der Waals surface area contributed by atoms with Crippen molar-refractivity contribution in [3.05, 3.63) is 17.9 Å². The highest BCUT2D eigenvalue weighted by atomic mass is 32.2. The molecular weight excluding hydrogens is 315 g/mol. The van der Waals surface area contributed by atoms with Crippen LogP contribution in [0.3, 0.4) is 0 Å². The smallest absolute Gasteiger partial charge is 0.283 e. The summed E-state index contributed by atoms with van der Waals surface area (Å²) >= 11 is 0. The number of sulfonamides is 1. The first kappa shape index (κ1) is 17.5. The third kappa shape index (κ3) is 4.22. The van der Waals surface area contributed by atoms with Crippen LogP contribution in [0.25, 0.3) is 0 Å². The van der Waals surface area contributed by atoms with E-state index in [4.69, 9.17) is 14.6 Å². The van der Waals surface area contributed by atoms with Gasteiger partial charge in [0.2, 0.25) is 10.0 Å². The number of aliphatic hydroxyl groups is 1. The lowest BCUT2D eigenvalue weighted by molar-refractivity contribution is -0.0437. The summed E-state index contributed by atoms with van der Waals surface area (Å²) in [6.07, 6.45) is 0. The van der Waals surface area contributed by atoms with Crippen molar-refractivity contribution in [3.8, 4) is 11.5 Å². The number of hydrogen-bond acceptors (Lipinski definition) is 5. The van der Waals surface area contributed by atoms with Crippen molar-refractivity contribution in [1.82, 2.24) is 4.72 Å². The third-order valence-corrected chi connectivity index (χ3v) is 3.90. The van der Waals surface area contributed by atoms with E-state index in [-0.39, 0.29) is 11.5 Å². The average molecular weight is 329 g/mol. The molecule has 0 bridgehead atoms. The molecule has 0 radical (unpaired) electrons. The zero-order valence-corrected chi connectivity index (χ0v) is 12.0. The van der Waals surface area contributed by atoms with Crippen LogP contribution >= 0.6 is 0 Å². The third-order valence-electron chi connectivity index (χ3n) is 2.48. The molecule has 0 unspecified atom stereocenters. The van der Waals surface area contributed by atoms with Crippen LogP contribution in [0.15, 0.2) is 17.0 Å². The molecule has 0 fully saturated rings. The van der Waals surface area contributed by atoms with Gasteiger partial charge in [-0.05, 0) is 0 Å². The summed E-state index contributed by atoms with van der Waals surface area (Å²) in [6.45, 7) is -2.90. The van der Waals surface area contributed by atoms with E-state index in [0.717, 1.165) is 12.1 Å². The minimum Gasteiger partial charge on any atom is -0.493 e. The molecule has 0 aliphatic carbocycles. The lowest BCUT2D eigenvalue weighted by Gasteiger charge is -2.15. The predicted molar refractivity (Wildman–Crippen MR) is 66.7 cm³/mol. The fourth-order valence-corrected chi connectivity index (χ4v) is 2.51. The van der Waals surface area contributed by atoms with Crippen LogP contribution in [0.1, 0.15) is 0 Å². The van der Waals surface area contributed by atoms with Crippen molar-refractivity contribution in [1.29, 1.82) is 0 Å². The van der Waals surface area contributed by atoms with Crippen molar-refractivity contribution in [2.24, 2.45) is 0 Å². The Hall–Kier alpha value is -1.52. The second-order valence-corrected chi connectivity index (χ2v) is 5.71. The Bertz CT molecular complexity index is 606. The van der Waals surface area contributed by atoms with Crippen LogP contribution in [0, 0.1) is 5.82 Å². The Kier molecular flexibility index (Phi) is 5.42. The number of rotatable bonds is 7. The van der Waals surface area contributed by atoms with Crippen molar-refractivity contribution < 1.29 is 36.2 Å². The van der Waals surface area contributed by atoms with Crippen molar-refractivity contribution in [2.45, 2.75) is 10.8 Å². The summed E-state index contributed by atoms with van der Waals surface area (Å²) in [5.74, 6) is -4.96. The molecule has 1 aromatic carbocycles. The predicted octanol–water partition coefficient (Wildman–Crippen LogP) is 0.749. The highest BCUT2D eigenvalue weighted by Crippen LogP contribution is 2.31. The Balaban J connectivity index is 3.14. The number of benzene rings is 1. The zero-order valence-electron chi connectivity index (χ0n) is 11.2. The Morgan fingerprint density at radius 2 is 1.76 bits per heavy atom. The molecule has 0 spiro atoms. The standard InChI is InChI=1S/C11H14F3NO5S/c1-19-8-3-7(12)10(4-9(8)20-2)21(17,18)15-5-11(13,14)6-16/h3-4,15-16H,5-6H2,1-2H3. The topological polar surface area (TPSA) is 84.9 Å². The maximum absolute atomic E-state index is 13.8. The molecule has 0 aromatic heterocycles. The highest BCUT2D eigenvalue weighted by molar-refractivity contribution is 7.89. The van der Waals surface area contributed by atoms with Gasteiger partial charge in [0.15, 0.2) is 11.5 Å². The number of ether oxygens (including phenoxy) is 2. The molecule has 0 amide bonds. The second kappa shape index (κ2) is 6.50. The van der Waals surface area contributed by atoms with Gasteiger partial charge in [0, 0.05) is 12.1 Å². The van der Waals surface area contributed by atoms with Crippen LogP contribution in [0.5, 0.6) is 11.5 Å². The van der Waals surface area contributed by atoms with Gasteiger partial charge >= 0.3 is 0 Å². The Morgan fingerprint density at radius 3 is 2.24 bits per heavy atom. The molecule has 120 valence electrons. The van der Waals surface area contributed by atoms with Crippen LogP contribution < -0.4 is 14.2 Å². The summed E-state index contributed by atoms with van der Waals surface area (Å²) in [5.41, 5.74) is 0. The van der Waals surface area contributed by atoms with Gasteiger partial charge in [-0.3, -0.25) is 0 Å². The van der Waals surface area contributed by atoms with Gasteiger partial charge in [-0.15, -0.1) is 0 Å². The molecule has 1 aromatic rings. The van der Waals surface area contributed by atoms with E-state index >= 15 is 0 Å². The van der Waals surface area contributed by atoms with E-state index in [9.17, 15) is 21.6 Å². The maximum atomic E-state index is 13.8. The molecule has 2 N–H and O–H groups in total. The molecule has 0 saturated carbocycles. The number of aliphatic hydroxyl groups excluding tert-OH is 1. The van der Waals surface area contributed by atoms with Crippen molar-refractivity contribution in [3.63, 3.8) is 0 Å². The molecule has 0 saturated heterocycles. The normalized spacial score (nSPS) is 12.3. The quantitative estimate of drug-likeness (QED) is 0.771. The van der Waals surface area contributed by atoms with Gasteiger partial charge in [0.1, 0.15) is 17.3 Å². The van der Waals surface area contributed by atoms with E-state index in [2.05, 4.69) is 0 Å². The lowest BCUT2D eigenvalue weighted by Crippen LogP contribution is -2.39. The van der Waals surface area contributed by atoms with Gasteiger partial charge in [-0.1, -0.05) is 0 Å². The highest BCUT2D eigenvalue weighted by Gasteiger charge is 2.31. The van der Waals surface area contributed by atoms with E-state index in [1.54, 1.807) is 0 Å². The van der Waals surface area contributed by atoms with E-state index in [1.165, 1.54) is 18.9 Å². The summed E-state index contributed by atoms with van der Waals surface area (Å²) in [4.78, 5) is -0.867. The molecule has 21 heavy (non-hydrogen) atoms. The first-order valence-corrected chi connectivity index (χ1v) is 7.05. The fraction of sp³-hybridized carbons (Fsp3) is 0.455. The average Bonchev–Trinajstić information content (AvgIpc) is 2.44. The summed E-state index contributed by atoms with van der Waals surface area (Å²) in [5, 5.41) is 8.37. The molecule has 10 heteroatoms.